The van der Waals surface area contributed by atoms with E-state index in [1.54, 1.807) is 17.4 Å². The molecule has 1 heterocycles. The molecule has 1 N–H and O–H groups in total. The molecule has 3 rings (SSSR count). The quantitative estimate of drug-likeness (QED) is 0.545. The number of para-hydroxylation sites is 2. The van der Waals surface area contributed by atoms with Gasteiger partial charge in [-0.3, -0.25) is 4.72 Å². The molecule has 0 saturated heterocycles. The first-order valence-electron chi connectivity index (χ1n) is 8.54. The monoisotopic (exact) mass is 374 g/mol. The number of anilines is 1. The number of benzene rings is 2. The van der Waals surface area contributed by atoms with Crippen LogP contribution in [0.3, 0.4) is 0 Å². The molecule has 0 amide bonds. The van der Waals surface area contributed by atoms with Gasteiger partial charge in [0.1, 0.15) is 5.01 Å². The maximum Gasteiger partial charge on any atom is 0.232 e. The molecule has 132 valence electrons. The number of unbranched alkanes of at least 4 members (excludes halogenated alkanes) is 3. The molecule has 0 saturated carbocycles. The third-order valence-electron chi connectivity index (χ3n) is 3.98. The number of fused-ring (bicyclic) bond motifs is 1. The highest BCUT2D eigenvalue weighted by molar-refractivity contribution is 7.92. The third kappa shape index (κ3) is 4.58. The Kier molecular flexibility index (Phi) is 5.71. The van der Waals surface area contributed by atoms with Crippen molar-refractivity contribution in [2.24, 2.45) is 0 Å². The summed E-state index contributed by atoms with van der Waals surface area (Å²) in [5.41, 5.74) is 2.35. The average molecular weight is 375 g/mol. The summed E-state index contributed by atoms with van der Waals surface area (Å²) in [7, 11) is -3.35. The fraction of sp³-hybridized carbons (Fsp3) is 0.316. The second-order valence-electron chi connectivity index (χ2n) is 6.01. The van der Waals surface area contributed by atoms with Crippen LogP contribution in [-0.4, -0.2) is 19.2 Å². The number of rotatable bonds is 8. The Morgan fingerprint density at radius 1 is 1.00 bits per heavy atom. The van der Waals surface area contributed by atoms with Crippen LogP contribution in [0.1, 0.15) is 32.6 Å². The molecule has 0 aliphatic carbocycles. The second kappa shape index (κ2) is 7.97. The highest BCUT2D eigenvalue weighted by atomic mass is 32.2. The Morgan fingerprint density at radius 2 is 1.76 bits per heavy atom. The zero-order chi connectivity index (χ0) is 17.7. The van der Waals surface area contributed by atoms with Gasteiger partial charge in [0.2, 0.25) is 10.0 Å². The van der Waals surface area contributed by atoms with E-state index in [-0.39, 0.29) is 5.75 Å². The molecule has 3 aromatic rings. The van der Waals surface area contributed by atoms with E-state index >= 15 is 0 Å². The molecular formula is C19H22N2O2S2. The van der Waals surface area contributed by atoms with E-state index in [2.05, 4.69) is 16.6 Å². The number of nitrogens with zero attached hydrogens (tertiary/aromatic N) is 1. The van der Waals surface area contributed by atoms with Gasteiger partial charge in [-0.25, -0.2) is 13.4 Å². The molecule has 0 unspecified atom stereocenters. The smallest absolute Gasteiger partial charge is 0.232 e. The van der Waals surface area contributed by atoms with E-state index < -0.39 is 10.0 Å². The van der Waals surface area contributed by atoms with E-state index in [0.29, 0.717) is 12.1 Å². The zero-order valence-corrected chi connectivity index (χ0v) is 15.9. The van der Waals surface area contributed by atoms with Gasteiger partial charge in [0.25, 0.3) is 0 Å². The van der Waals surface area contributed by atoms with Gasteiger partial charge in [-0.15, -0.1) is 11.3 Å². The lowest BCUT2D eigenvalue weighted by Crippen LogP contribution is -2.17. The van der Waals surface area contributed by atoms with Crippen LogP contribution in [0.4, 0.5) is 5.69 Å². The van der Waals surface area contributed by atoms with Crippen LogP contribution in [0.5, 0.6) is 0 Å². The van der Waals surface area contributed by atoms with Crippen molar-refractivity contribution in [3.63, 3.8) is 0 Å². The summed E-state index contributed by atoms with van der Waals surface area (Å²) in [5, 5.41) is 0.825. The van der Waals surface area contributed by atoms with Gasteiger partial charge in [0.05, 0.1) is 21.7 Å². The summed E-state index contributed by atoms with van der Waals surface area (Å²) in [4.78, 5) is 4.64. The number of hydrogen-bond donors (Lipinski definition) is 1. The Morgan fingerprint density at radius 3 is 2.56 bits per heavy atom. The summed E-state index contributed by atoms with van der Waals surface area (Å²) in [6.07, 6.45) is 3.79. The lowest BCUT2D eigenvalue weighted by Gasteiger charge is -2.11. The van der Waals surface area contributed by atoms with Gasteiger partial charge >= 0.3 is 0 Å². The molecule has 0 spiro atoms. The molecular weight excluding hydrogens is 352 g/mol. The van der Waals surface area contributed by atoms with Crippen molar-refractivity contribution in [3.05, 3.63) is 48.5 Å². The van der Waals surface area contributed by atoms with Crippen molar-refractivity contribution < 1.29 is 8.42 Å². The van der Waals surface area contributed by atoms with Crippen LogP contribution in [-0.2, 0) is 10.0 Å². The Labute approximate surface area is 153 Å². The first-order chi connectivity index (χ1) is 12.1. The summed E-state index contributed by atoms with van der Waals surface area (Å²) in [6.45, 7) is 2.11. The van der Waals surface area contributed by atoms with Gasteiger partial charge < -0.3 is 0 Å². The first kappa shape index (κ1) is 17.9. The lowest BCUT2D eigenvalue weighted by atomic mass is 10.2. The van der Waals surface area contributed by atoms with Crippen LogP contribution in [0.2, 0.25) is 0 Å². The van der Waals surface area contributed by atoms with Crippen molar-refractivity contribution in [1.82, 2.24) is 4.98 Å². The molecule has 0 atom stereocenters. The highest BCUT2D eigenvalue weighted by Gasteiger charge is 2.15. The maximum atomic E-state index is 12.4. The summed E-state index contributed by atoms with van der Waals surface area (Å²) in [6, 6.07) is 15.4. The van der Waals surface area contributed by atoms with Crippen molar-refractivity contribution in [3.8, 4) is 10.6 Å². The fourth-order valence-corrected chi connectivity index (χ4v) is 4.89. The number of hydrogen-bond acceptors (Lipinski definition) is 4. The number of nitrogens with one attached hydrogen (secondary N) is 1. The number of thiazole rings is 1. The first-order valence-corrected chi connectivity index (χ1v) is 11.0. The van der Waals surface area contributed by atoms with E-state index in [0.717, 1.165) is 40.1 Å². The van der Waals surface area contributed by atoms with Crippen LogP contribution in [0.25, 0.3) is 20.8 Å². The SMILES string of the molecule is CCCCCCS(=O)(=O)Nc1ccccc1-c1nc2ccccc2s1. The van der Waals surface area contributed by atoms with Crippen molar-refractivity contribution in [2.75, 3.05) is 10.5 Å². The Bertz CT molecular complexity index is 916. The molecule has 1 aromatic heterocycles. The van der Waals surface area contributed by atoms with Crippen LogP contribution in [0, 0.1) is 0 Å². The molecule has 0 aliphatic rings. The summed E-state index contributed by atoms with van der Waals surface area (Å²) >= 11 is 1.57. The molecule has 0 radical (unpaired) electrons. The van der Waals surface area contributed by atoms with Crippen LogP contribution in [0.15, 0.2) is 48.5 Å². The molecule has 4 nitrogen and oxygen atoms in total. The maximum absolute atomic E-state index is 12.4. The van der Waals surface area contributed by atoms with Gasteiger partial charge in [0, 0.05) is 5.56 Å². The standard InChI is InChI=1S/C19H22N2O2S2/c1-2-3-4-9-14-25(22,23)21-16-11-6-5-10-15(16)19-20-17-12-7-8-13-18(17)24-19/h5-8,10-13,21H,2-4,9,14H2,1H3. The Balaban J connectivity index is 1.83. The molecule has 2 aromatic carbocycles. The van der Waals surface area contributed by atoms with Gasteiger partial charge in [-0.05, 0) is 30.7 Å². The van der Waals surface area contributed by atoms with Gasteiger partial charge in [0.15, 0.2) is 0 Å². The van der Waals surface area contributed by atoms with Crippen molar-refractivity contribution in [1.29, 1.82) is 0 Å². The molecule has 0 bridgehead atoms. The predicted octanol–water partition coefficient (Wildman–Crippen LogP) is 5.29. The fourth-order valence-electron chi connectivity index (χ4n) is 2.68. The lowest BCUT2D eigenvalue weighted by molar-refractivity contribution is 0.594. The van der Waals surface area contributed by atoms with E-state index in [4.69, 9.17) is 0 Å². The van der Waals surface area contributed by atoms with Gasteiger partial charge in [-0.1, -0.05) is 50.5 Å². The van der Waals surface area contributed by atoms with E-state index in [1.165, 1.54) is 0 Å². The highest BCUT2D eigenvalue weighted by Crippen LogP contribution is 2.34. The topological polar surface area (TPSA) is 59.1 Å². The van der Waals surface area contributed by atoms with E-state index in [1.807, 2.05) is 42.5 Å². The normalized spacial score (nSPS) is 11.7. The van der Waals surface area contributed by atoms with Crippen molar-refractivity contribution in [2.45, 2.75) is 32.6 Å². The van der Waals surface area contributed by atoms with Crippen LogP contribution >= 0.6 is 11.3 Å². The minimum Gasteiger partial charge on any atom is -0.283 e. The molecule has 0 aliphatic heterocycles. The van der Waals surface area contributed by atoms with Crippen LogP contribution < -0.4 is 4.72 Å². The molecule has 0 fully saturated rings. The van der Waals surface area contributed by atoms with E-state index in [9.17, 15) is 8.42 Å². The Hall–Kier alpha value is -1.92. The minimum atomic E-state index is -3.35. The number of sulfonamides is 1. The average Bonchev–Trinajstić information content (AvgIpc) is 3.03. The zero-order valence-electron chi connectivity index (χ0n) is 14.2. The summed E-state index contributed by atoms with van der Waals surface area (Å²) < 4.78 is 28.6. The second-order valence-corrected chi connectivity index (χ2v) is 8.89. The largest absolute Gasteiger partial charge is 0.283 e. The molecule has 25 heavy (non-hydrogen) atoms. The summed E-state index contributed by atoms with van der Waals surface area (Å²) in [5.74, 6) is 0.154. The minimum absolute atomic E-state index is 0.154. The van der Waals surface area contributed by atoms with Gasteiger partial charge in [-0.2, -0.15) is 0 Å². The molecule has 6 heteroatoms. The van der Waals surface area contributed by atoms with Crippen molar-refractivity contribution >= 4 is 37.3 Å². The predicted molar refractivity (Wildman–Crippen MR) is 107 cm³/mol. The third-order valence-corrected chi connectivity index (χ3v) is 6.41. The number of aromatic nitrogens is 1.